The van der Waals surface area contributed by atoms with Gasteiger partial charge in [0.15, 0.2) is 5.75 Å². The van der Waals surface area contributed by atoms with Gasteiger partial charge in [0.1, 0.15) is 5.82 Å². The molecule has 0 spiro atoms. The summed E-state index contributed by atoms with van der Waals surface area (Å²) < 4.78 is 42.4. The molecule has 0 bridgehead atoms. The van der Waals surface area contributed by atoms with Crippen LogP contribution in [0.4, 0.5) is 30.6 Å². The second-order valence-corrected chi connectivity index (χ2v) is 7.08. The normalized spacial score (nSPS) is 11.4. The number of aromatic nitrogens is 2. The fourth-order valence-electron chi connectivity index (χ4n) is 2.86. The minimum Gasteiger partial charge on any atom is -0.404 e. The molecule has 1 aromatic heterocycles. The molecule has 0 aliphatic carbocycles. The van der Waals surface area contributed by atoms with E-state index in [2.05, 4.69) is 30.2 Å². The molecular weight excluding hydrogens is 407 g/mol. The molecule has 6 nitrogen and oxygen atoms in total. The number of nitrogens with zero attached hydrogens (tertiary/aromatic N) is 3. The molecule has 164 valence electrons. The van der Waals surface area contributed by atoms with Crippen molar-refractivity contribution < 1.29 is 17.9 Å². The van der Waals surface area contributed by atoms with Gasteiger partial charge in [0, 0.05) is 18.2 Å². The maximum Gasteiger partial charge on any atom is 0.573 e. The van der Waals surface area contributed by atoms with Crippen LogP contribution in [-0.4, -0.2) is 48.4 Å². The van der Waals surface area contributed by atoms with Crippen LogP contribution < -0.4 is 15.4 Å². The molecule has 1 heterocycles. The smallest absolute Gasteiger partial charge is 0.404 e. The van der Waals surface area contributed by atoms with E-state index in [0.717, 1.165) is 18.5 Å². The molecule has 0 fully saturated rings. The average Bonchev–Trinajstić information content (AvgIpc) is 2.72. The number of anilines is 3. The fourth-order valence-corrected chi connectivity index (χ4v) is 2.86. The lowest BCUT2D eigenvalue weighted by atomic mass is 10.1. The third kappa shape index (κ3) is 7.14. The summed E-state index contributed by atoms with van der Waals surface area (Å²) in [6.45, 7) is 1.56. The van der Waals surface area contributed by atoms with Gasteiger partial charge in [0.2, 0.25) is 5.95 Å². The SMILES string of the molecule is CN(C)CCCNc1nc(Nc2ccccc2OC(F)(F)F)cc(-c2ccccc2)n1. The Hall–Kier alpha value is -3.33. The second kappa shape index (κ2) is 10.1. The van der Waals surface area contributed by atoms with Crippen LogP contribution in [0.3, 0.4) is 0 Å². The quantitative estimate of drug-likeness (QED) is 0.457. The van der Waals surface area contributed by atoms with E-state index in [9.17, 15) is 13.2 Å². The van der Waals surface area contributed by atoms with E-state index in [1.54, 1.807) is 12.1 Å². The molecule has 0 saturated heterocycles. The first kappa shape index (κ1) is 22.4. The molecule has 0 unspecified atom stereocenters. The van der Waals surface area contributed by atoms with Gasteiger partial charge in [-0.15, -0.1) is 13.2 Å². The molecule has 0 radical (unpaired) electrons. The summed E-state index contributed by atoms with van der Waals surface area (Å²) in [6.07, 6.45) is -3.91. The number of nitrogens with one attached hydrogen (secondary N) is 2. The Morgan fingerprint density at radius 2 is 1.68 bits per heavy atom. The standard InChI is InChI=1S/C22H24F3N5O/c1-30(2)14-8-13-26-21-28-18(16-9-4-3-5-10-16)15-20(29-21)27-17-11-6-7-12-19(17)31-22(23,24)25/h3-7,9-12,15H,8,13-14H2,1-2H3,(H2,26,27,28,29). The molecule has 2 aromatic carbocycles. The third-order valence-corrected chi connectivity index (χ3v) is 4.24. The highest BCUT2D eigenvalue weighted by Crippen LogP contribution is 2.32. The van der Waals surface area contributed by atoms with Gasteiger partial charge >= 0.3 is 6.36 Å². The topological polar surface area (TPSA) is 62.3 Å². The number of hydrogen-bond acceptors (Lipinski definition) is 6. The van der Waals surface area contributed by atoms with Gasteiger partial charge in [-0.2, -0.15) is 4.98 Å². The Labute approximate surface area is 179 Å². The number of rotatable bonds is 9. The zero-order chi connectivity index (χ0) is 22.3. The molecule has 9 heteroatoms. The number of hydrogen-bond donors (Lipinski definition) is 2. The van der Waals surface area contributed by atoms with Gasteiger partial charge in [-0.25, -0.2) is 4.98 Å². The van der Waals surface area contributed by atoms with Gasteiger partial charge in [-0.3, -0.25) is 0 Å². The van der Waals surface area contributed by atoms with E-state index in [4.69, 9.17) is 0 Å². The molecule has 0 atom stereocenters. The summed E-state index contributed by atoms with van der Waals surface area (Å²) in [5.41, 5.74) is 1.66. The summed E-state index contributed by atoms with van der Waals surface area (Å²) in [5, 5.41) is 6.12. The van der Waals surface area contributed by atoms with Crippen molar-refractivity contribution in [2.45, 2.75) is 12.8 Å². The van der Waals surface area contributed by atoms with E-state index in [-0.39, 0.29) is 11.4 Å². The first-order chi connectivity index (χ1) is 14.8. The van der Waals surface area contributed by atoms with Crippen molar-refractivity contribution in [1.82, 2.24) is 14.9 Å². The predicted molar refractivity (Wildman–Crippen MR) is 116 cm³/mol. The Balaban J connectivity index is 1.88. The van der Waals surface area contributed by atoms with Crippen molar-refractivity contribution in [1.29, 1.82) is 0 Å². The van der Waals surface area contributed by atoms with Crippen molar-refractivity contribution >= 4 is 17.5 Å². The van der Waals surface area contributed by atoms with E-state index in [0.29, 0.717) is 24.0 Å². The minimum absolute atomic E-state index is 0.149. The summed E-state index contributed by atoms with van der Waals surface area (Å²) in [5.74, 6) is 0.398. The highest BCUT2D eigenvalue weighted by Gasteiger charge is 2.32. The van der Waals surface area contributed by atoms with E-state index in [1.165, 1.54) is 18.2 Å². The second-order valence-electron chi connectivity index (χ2n) is 7.08. The van der Waals surface area contributed by atoms with Crippen LogP contribution in [0.5, 0.6) is 5.75 Å². The summed E-state index contributed by atoms with van der Waals surface area (Å²) >= 11 is 0. The van der Waals surface area contributed by atoms with Gasteiger partial charge in [-0.1, -0.05) is 42.5 Å². The van der Waals surface area contributed by atoms with E-state index >= 15 is 0 Å². The molecule has 3 rings (SSSR count). The zero-order valence-corrected chi connectivity index (χ0v) is 17.3. The highest BCUT2D eigenvalue weighted by atomic mass is 19.4. The molecule has 31 heavy (non-hydrogen) atoms. The van der Waals surface area contributed by atoms with Crippen LogP contribution >= 0.6 is 0 Å². The van der Waals surface area contributed by atoms with Gasteiger partial charge in [-0.05, 0) is 39.2 Å². The maximum atomic E-state index is 12.8. The maximum absolute atomic E-state index is 12.8. The molecule has 2 N–H and O–H groups in total. The third-order valence-electron chi connectivity index (χ3n) is 4.24. The lowest BCUT2D eigenvalue weighted by Crippen LogP contribution is -2.18. The zero-order valence-electron chi connectivity index (χ0n) is 17.3. The largest absolute Gasteiger partial charge is 0.573 e. The van der Waals surface area contributed by atoms with Gasteiger partial charge in [0.25, 0.3) is 0 Å². The summed E-state index contributed by atoms with van der Waals surface area (Å²) in [7, 11) is 3.99. The van der Waals surface area contributed by atoms with Crippen LogP contribution in [0, 0.1) is 0 Å². The Morgan fingerprint density at radius 3 is 2.39 bits per heavy atom. The molecule has 0 amide bonds. The number of benzene rings is 2. The molecular formula is C22H24F3N5O. The van der Waals surface area contributed by atoms with Gasteiger partial charge in [0.05, 0.1) is 11.4 Å². The van der Waals surface area contributed by atoms with E-state index in [1.807, 2.05) is 44.4 Å². The van der Waals surface area contributed by atoms with Crippen molar-refractivity contribution in [2.75, 3.05) is 37.8 Å². The van der Waals surface area contributed by atoms with Crippen LogP contribution in [0.15, 0.2) is 60.7 Å². The first-order valence-corrected chi connectivity index (χ1v) is 9.75. The van der Waals surface area contributed by atoms with Crippen LogP contribution in [0.1, 0.15) is 6.42 Å². The Bertz CT molecular complexity index is 980. The fraction of sp³-hybridized carbons (Fsp3) is 0.273. The predicted octanol–water partition coefficient (Wildman–Crippen LogP) is 5.15. The lowest BCUT2D eigenvalue weighted by Gasteiger charge is -2.15. The number of halogens is 3. The van der Waals surface area contributed by atoms with Crippen molar-refractivity contribution in [3.05, 3.63) is 60.7 Å². The summed E-state index contributed by atoms with van der Waals surface area (Å²) in [4.78, 5) is 11.1. The molecule has 3 aromatic rings. The lowest BCUT2D eigenvalue weighted by molar-refractivity contribution is -0.274. The molecule has 0 aliphatic rings. The highest BCUT2D eigenvalue weighted by molar-refractivity contribution is 5.69. The molecule has 0 saturated carbocycles. The van der Waals surface area contributed by atoms with Gasteiger partial charge < -0.3 is 20.3 Å². The van der Waals surface area contributed by atoms with Crippen LogP contribution in [0.25, 0.3) is 11.3 Å². The van der Waals surface area contributed by atoms with E-state index < -0.39 is 6.36 Å². The Morgan fingerprint density at radius 1 is 0.968 bits per heavy atom. The molecule has 0 aliphatic heterocycles. The van der Waals surface area contributed by atoms with Crippen LogP contribution in [0.2, 0.25) is 0 Å². The van der Waals surface area contributed by atoms with Crippen LogP contribution in [-0.2, 0) is 0 Å². The average molecular weight is 431 g/mol. The number of ether oxygens (including phenoxy) is 1. The number of alkyl halides is 3. The monoisotopic (exact) mass is 431 g/mol. The number of para-hydroxylation sites is 2. The summed E-state index contributed by atoms with van der Waals surface area (Å²) in [6, 6.07) is 17.0. The Kier molecular flexibility index (Phi) is 7.30. The first-order valence-electron chi connectivity index (χ1n) is 9.75. The minimum atomic E-state index is -4.79. The van der Waals surface area contributed by atoms with Crippen molar-refractivity contribution in [3.63, 3.8) is 0 Å². The van der Waals surface area contributed by atoms with Crippen molar-refractivity contribution in [3.8, 4) is 17.0 Å². The van der Waals surface area contributed by atoms with Crippen molar-refractivity contribution in [2.24, 2.45) is 0 Å².